The molecule has 1 spiro atoms. The Labute approximate surface area is 336 Å². The lowest BCUT2D eigenvalue weighted by Crippen LogP contribution is -2.61. The highest BCUT2D eigenvalue weighted by Gasteiger charge is 2.55. The number of ether oxygens (including phenoxy) is 4. The van der Waals surface area contributed by atoms with Crippen molar-refractivity contribution >= 4 is 27.5 Å². The molecule has 14 heteroatoms. The van der Waals surface area contributed by atoms with Crippen LogP contribution in [0.3, 0.4) is 0 Å². The second-order valence-electron chi connectivity index (χ2n) is 17.6. The third kappa shape index (κ3) is 6.78. The van der Waals surface area contributed by atoms with Crippen LogP contribution in [-0.4, -0.2) is 119 Å². The van der Waals surface area contributed by atoms with Gasteiger partial charge in [-0.3, -0.25) is 4.90 Å². The molecule has 3 saturated heterocycles. The molecule has 3 N–H and O–H groups in total. The molecule has 0 amide bonds. The molecule has 4 aromatic rings. The average Bonchev–Trinajstić information content (AvgIpc) is 3.58. The zero-order chi connectivity index (χ0) is 40.4. The minimum absolute atomic E-state index is 0.0134. The molecule has 4 unspecified atom stereocenters. The van der Waals surface area contributed by atoms with E-state index in [0.717, 1.165) is 64.7 Å². The van der Waals surface area contributed by atoms with Crippen molar-refractivity contribution in [1.82, 2.24) is 19.9 Å². The summed E-state index contributed by atoms with van der Waals surface area (Å²) in [5.74, 6) is 0.712. The molecule has 12 nitrogen and oxygen atoms in total. The molecule has 2 saturated carbocycles. The van der Waals surface area contributed by atoms with Crippen molar-refractivity contribution in [1.29, 1.82) is 0 Å². The van der Waals surface area contributed by atoms with Crippen LogP contribution in [0.4, 0.5) is 14.6 Å². The van der Waals surface area contributed by atoms with Crippen LogP contribution >= 0.6 is 0 Å². The fourth-order valence-corrected chi connectivity index (χ4v) is 10.8. The Morgan fingerprint density at radius 2 is 1.84 bits per heavy atom. The van der Waals surface area contributed by atoms with Crippen LogP contribution in [0.2, 0.25) is 0 Å². The summed E-state index contributed by atoms with van der Waals surface area (Å²) in [7, 11) is 1.38. The van der Waals surface area contributed by atoms with Crippen molar-refractivity contribution < 1.29 is 43.0 Å². The van der Waals surface area contributed by atoms with Gasteiger partial charge in [0.05, 0.1) is 45.1 Å². The highest BCUT2D eigenvalue weighted by Crippen LogP contribution is 2.56. The minimum atomic E-state index is -1.37. The standard InChI is InChI=1S/C44H51F2N5O7/c1-4-30-32(45)9-8-26-17-28(53)18-31(34(26)30)37-36(46)38-35(40(47-37)55-3)39(50-21-29(22-52)57-24-42(2,54)23-50)49-41(48-38)58-25-44-10-5-7-33(44)51(14-6-11-44)27-19-43(20-27)12-15-56-16-13-43/h1,8-9,17-18,27,29,33,52-54H,5-7,10-16,19-25H2,2-3H3. The van der Waals surface area contributed by atoms with Crippen molar-refractivity contribution in [2.75, 3.05) is 64.7 Å². The second kappa shape index (κ2) is 15.0. The number of likely N-dealkylation sites (tertiary alicyclic amines) is 1. The van der Waals surface area contributed by atoms with Crippen LogP contribution in [-0.2, 0) is 9.47 Å². The lowest BCUT2D eigenvalue weighted by molar-refractivity contribution is -0.112. The largest absolute Gasteiger partial charge is 0.508 e. The van der Waals surface area contributed by atoms with Gasteiger partial charge in [0.1, 0.15) is 39.6 Å². The number of benzene rings is 2. The van der Waals surface area contributed by atoms with Crippen molar-refractivity contribution in [2.24, 2.45) is 10.8 Å². The molecule has 58 heavy (non-hydrogen) atoms. The van der Waals surface area contributed by atoms with Gasteiger partial charge >= 0.3 is 6.01 Å². The maximum Gasteiger partial charge on any atom is 0.319 e. The van der Waals surface area contributed by atoms with Crippen LogP contribution in [0.1, 0.15) is 70.3 Å². The predicted molar refractivity (Wildman–Crippen MR) is 213 cm³/mol. The van der Waals surface area contributed by atoms with E-state index in [1.807, 2.05) is 0 Å². The van der Waals surface area contributed by atoms with Crippen LogP contribution in [0.5, 0.6) is 17.6 Å². The van der Waals surface area contributed by atoms with Crippen LogP contribution in [0, 0.1) is 34.8 Å². The van der Waals surface area contributed by atoms with Gasteiger partial charge in [0.15, 0.2) is 5.82 Å². The number of halogens is 2. The molecule has 4 atom stereocenters. The van der Waals surface area contributed by atoms with E-state index in [1.54, 1.807) is 11.8 Å². The van der Waals surface area contributed by atoms with Crippen LogP contribution in [0.25, 0.3) is 32.9 Å². The Bertz CT molecular complexity index is 2270. The number of aromatic nitrogens is 3. The van der Waals surface area contributed by atoms with Gasteiger partial charge in [-0.05, 0) is 93.8 Å². The van der Waals surface area contributed by atoms with Gasteiger partial charge in [-0.2, -0.15) is 9.97 Å². The monoisotopic (exact) mass is 799 g/mol. The lowest BCUT2D eigenvalue weighted by Gasteiger charge is -2.58. The molecule has 2 aliphatic carbocycles. The van der Waals surface area contributed by atoms with Gasteiger partial charge < -0.3 is 39.2 Å². The molecule has 2 aromatic heterocycles. The molecule has 308 valence electrons. The predicted octanol–water partition coefficient (Wildman–Crippen LogP) is 5.74. The van der Waals surface area contributed by atoms with E-state index in [0.29, 0.717) is 29.5 Å². The maximum absolute atomic E-state index is 17.5. The van der Waals surface area contributed by atoms with Crippen LogP contribution < -0.4 is 14.4 Å². The number of hydrogen-bond donors (Lipinski definition) is 3. The summed E-state index contributed by atoms with van der Waals surface area (Å²) >= 11 is 0. The number of nitrogens with zero attached hydrogens (tertiary/aromatic N) is 5. The summed E-state index contributed by atoms with van der Waals surface area (Å²) in [5.41, 5.74) is -1.63. The number of aliphatic hydroxyl groups is 2. The van der Waals surface area contributed by atoms with E-state index in [1.165, 1.54) is 44.2 Å². The normalized spacial score (nSPS) is 27.6. The van der Waals surface area contributed by atoms with Gasteiger partial charge in [0.25, 0.3) is 0 Å². The quantitative estimate of drug-likeness (QED) is 0.187. The van der Waals surface area contributed by atoms with Gasteiger partial charge in [-0.25, -0.2) is 13.8 Å². The number of aliphatic hydroxyl groups excluding tert-OH is 1. The SMILES string of the molecule is C#Cc1c(F)ccc2cc(O)cc(-c3nc(OC)c4c(N5CC(CO)OCC(C)(O)C5)nc(OCC56CCCC5N(C5CC7(CCOCC7)C5)CCC6)nc4c3F)c12. The smallest absolute Gasteiger partial charge is 0.319 e. The second-order valence-corrected chi connectivity index (χ2v) is 17.6. The summed E-state index contributed by atoms with van der Waals surface area (Å²) in [5, 5.41) is 33.0. The number of terminal acetylenes is 1. The van der Waals surface area contributed by atoms with E-state index in [2.05, 4.69) is 15.8 Å². The Morgan fingerprint density at radius 1 is 1.05 bits per heavy atom. The number of aromatic hydroxyl groups is 1. The Morgan fingerprint density at radius 3 is 2.60 bits per heavy atom. The number of hydrogen-bond acceptors (Lipinski definition) is 12. The first-order chi connectivity index (χ1) is 28.0. The summed E-state index contributed by atoms with van der Waals surface area (Å²) in [6.07, 6.45) is 15.0. The number of piperidine rings is 1. The fraction of sp³-hybridized carbons (Fsp3) is 0.568. The number of fused-ring (bicyclic) bond motifs is 3. The van der Waals surface area contributed by atoms with Gasteiger partial charge in [0.2, 0.25) is 5.88 Å². The topological polar surface area (TPSA) is 143 Å². The van der Waals surface area contributed by atoms with Crippen molar-refractivity contribution in [3.63, 3.8) is 0 Å². The number of rotatable bonds is 8. The van der Waals surface area contributed by atoms with E-state index >= 15 is 8.78 Å². The molecule has 5 aliphatic rings. The third-order valence-electron chi connectivity index (χ3n) is 13.6. The van der Waals surface area contributed by atoms with Crippen LogP contribution in [0.15, 0.2) is 24.3 Å². The summed E-state index contributed by atoms with van der Waals surface area (Å²) < 4.78 is 56.6. The van der Waals surface area contributed by atoms with Gasteiger partial charge in [-0.15, -0.1) is 6.42 Å². The lowest BCUT2D eigenvalue weighted by atomic mass is 9.60. The third-order valence-corrected chi connectivity index (χ3v) is 13.6. The van der Waals surface area contributed by atoms with E-state index < -0.39 is 23.3 Å². The zero-order valence-electron chi connectivity index (χ0n) is 33.1. The molecule has 5 fully saturated rings. The van der Waals surface area contributed by atoms with E-state index in [-0.39, 0.29) is 88.3 Å². The fourth-order valence-electron chi connectivity index (χ4n) is 10.8. The van der Waals surface area contributed by atoms with Crippen molar-refractivity contribution in [3.05, 3.63) is 41.5 Å². The minimum Gasteiger partial charge on any atom is -0.508 e. The van der Waals surface area contributed by atoms with Crippen molar-refractivity contribution in [2.45, 2.75) is 88.5 Å². The molecule has 3 aliphatic heterocycles. The molecular formula is C44H51F2N5O7. The Kier molecular flexibility index (Phi) is 10.1. The summed E-state index contributed by atoms with van der Waals surface area (Å²) in [4.78, 5) is 18.7. The number of anilines is 1. The maximum atomic E-state index is 17.5. The number of phenols is 1. The highest BCUT2D eigenvalue weighted by molar-refractivity contribution is 6.04. The molecule has 5 heterocycles. The van der Waals surface area contributed by atoms with Gasteiger partial charge in [0, 0.05) is 48.2 Å². The molecule has 0 radical (unpaired) electrons. The molecule has 2 aromatic carbocycles. The van der Waals surface area contributed by atoms with Gasteiger partial charge in [-0.1, -0.05) is 18.4 Å². The average molecular weight is 800 g/mol. The number of methoxy groups -OCH3 is 1. The summed E-state index contributed by atoms with van der Waals surface area (Å²) in [6.45, 7) is 4.45. The highest BCUT2D eigenvalue weighted by atomic mass is 19.1. The molecular weight excluding hydrogens is 749 g/mol. The zero-order valence-corrected chi connectivity index (χ0v) is 33.1. The Balaban J connectivity index is 1.15. The first-order valence-corrected chi connectivity index (χ1v) is 20.5. The van der Waals surface area contributed by atoms with E-state index in [4.69, 9.17) is 35.3 Å². The number of β-amino-alcohol motifs (C(OH)–C–C–N with tert-alkyl or cyclic N) is 1. The Hall–Kier alpha value is -4.39. The molecule has 9 rings (SSSR count). The van der Waals surface area contributed by atoms with E-state index in [9.17, 15) is 15.3 Å². The molecule has 0 bridgehead atoms. The number of pyridine rings is 1. The summed E-state index contributed by atoms with van der Waals surface area (Å²) in [6, 6.07) is 6.19. The van der Waals surface area contributed by atoms with Crippen molar-refractivity contribution in [3.8, 4) is 41.2 Å². The number of phenolic OH excluding ortho intramolecular Hbond substituents is 1. The first-order valence-electron chi connectivity index (χ1n) is 20.5. The first kappa shape index (κ1) is 39.1.